The summed E-state index contributed by atoms with van der Waals surface area (Å²) >= 11 is 1.60. The fourth-order valence-corrected chi connectivity index (χ4v) is 6.83. The van der Waals surface area contributed by atoms with Crippen LogP contribution in [-0.2, 0) is 14.4 Å². The lowest BCUT2D eigenvalue weighted by Crippen LogP contribution is -2.50. The summed E-state index contributed by atoms with van der Waals surface area (Å²) < 4.78 is 0. The van der Waals surface area contributed by atoms with Gasteiger partial charge in [-0.15, -0.1) is 11.3 Å². The highest BCUT2D eigenvalue weighted by Gasteiger charge is 2.44. The number of likely N-dealkylation sites (tertiary alicyclic amines) is 1. The number of ketones is 1. The second kappa shape index (κ2) is 17.2. The number of aryl methyl sites for hydroxylation is 1. The third kappa shape index (κ3) is 10.5. The standard InChI is InChI=1S/C35H54N4O4S/c1-24(26-15-17-27(18-16-26)32-25(2)37-23-44-32)38-33(42)31-21-29(41)22-39(31)34(43)30(35(3,4)5)20-28(40)14-12-10-8-6-7-9-11-13-19-36/h15-18,23-24,29-31,41H,6-14,19-22,36H2,1-5H3,(H,38,42)/t24-,29+,30+,31-/m0/s1. The molecule has 4 N–H and O–H groups in total. The monoisotopic (exact) mass is 626 g/mol. The summed E-state index contributed by atoms with van der Waals surface area (Å²) in [6.45, 7) is 10.7. The number of β-amino-alcohol motifs (C(OH)–C–C–N with tert-alkyl or cyclic N) is 1. The average Bonchev–Trinajstić information content (AvgIpc) is 3.59. The zero-order valence-electron chi connectivity index (χ0n) is 27.4. The second-order valence-electron chi connectivity index (χ2n) is 13.5. The van der Waals surface area contributed by atoms with Crippen molar-refractivity contribution in [2.75, 3.05) is 13.1 Å². The van der Waals surface area contributed by atoms with Crippen LogP contribution in [0.25, 0.3) is 10.4 Å². The summed E-state index contributed by atoms with van der Waals surface area (Å²) in [6.07, 6.45) is 8.89. The van der Waals surface area contributed by atoms with Crippen molar-refractivity contribution in [1.82, 2.24) is 15.2 Å². The minimum atomic E-state index is -0.779. The number of carbonyl (C=O) groups is 3. The van der Waals surface area contributed by atoms with Gasteiger partial charge in [0.25, 0.3) is 0 Å². The van der Waals surface area contributed by atoms with Crippen LogP contribution in [0.15, 0.2) is 29.8 Å². The predicted molar refractivity (Wildman–Crippen MR) is 178 cm³/mol. The van der Waals surface area contributed by atoms with Crippen molar-refractivity contribution in [3.63, 3.8) is 0 Å². The molecular formula is C35H54N4O4S. The SMILES string of the molecule is Cc1ncsc1-c1ccc([C@H](C)NC(=O)[C@@H]2C[C@@H](O)CN2C(=O)[C@@H](CC(=O)CCCCCCCCCCN)C(C)(C)C)cc1. The number of aliphatic hydroxyl groups is 1. The van der Waals surface area contributed by atoms with Crippen molar-refractivity contribution in [1.29, 1.82) is 0 Å². The van der Waals surface area contributed by atoms with Crippen molar-refractivity contribution in [2.24, 2.45) is 17.1 Å². The van der Waals surface area contributed by atoms with Crippen molar-refractivity contribution in [2.45, 2.75) is 123 Å². The second-order valence-corrected chi connectivity index (χ2v) is 14.4. The van der Waals surface area contributed by atoms with Crippen LogP contribution in [-0.4, -0.2) is 57.8 Å². The summed E-state index contributed by atoms with van der Waals surface area (Å²) in [5.74, 6) is -0.977. The maximum atomic E-state index is 13.9. The van der Waals surface area contributed by atoms with E-state index in [1.165, 1.54) is 30.6 Å². The molecule has 1 aliphatic heterocycles. The van der Waals surface area contributed by atoms with Crippen molar-refractivity contribution in [3.05, 3.63) is 41.0 Å². The zero-order valence-corrected chi connectivity index (χ0v) is 28.3. The molecule has 44 heavy (non-hydrogen) atoms. The van der Waals surface area contributed by atoms with Gasteiger partial charge < -0.3 is 21.1 Å². The molecule has 4 atom stereocenters. The molecule has 0 unspecified atom stereocenters. The van der Waals surface area contributed by atoms with E-state index in [4.69, 9.17) is 5.73 Å². The molecular weight excluding hydrogens is 572 g/mol. The van der Waals surface area contributed by atoms with Crippen molar-refractivity contribution >= 4 is 28.9 Å². The number of nitrogens with zero attached hydrogens (tertiary/aromatic N) is 2. The molecule has 2 heterocycles. The molecule has 1 aliphatic rings. The van der Waals surface area contributed by atoms with Gasteiger partial charge in [-0.25, -0.2) is 4.98 Å². The van der Waals surface area contributed by atoms with E-state index >= 15 is 0 Å². The normalized spacial score (nSPS) is 18.3. The van der Waals surface area contributed by atoms with Crippen LogP contribution in [0.2, 0.25) is 0 Å². The van der Waals surface area contributed by atoms with Gasteiger partial charge >= 0.3 is 0 Å². The number of hydrogen-bond acceptors (Lipinski definition) is 7. The predicted octanol–water partition coefficient (Wildman–Crippen LogP) is 6.35. The lowest BCUT2D eigenvalue weighted by molar-refractivity contribution is -0.146. The molecule has 0 spiro atoms. The van der Waals surface area contributed by atoms with Crippen LogP contribution in [0.4, 0.5) is 0 Å². The summed E-state index contributed by atoms with van der Waals surface area (Å²) in [7, 11) is 0. The van der Waals surface area contributed by atoms with Gasteiger partial charge in [0.2, 0.25) is 11.8 Å². The molecule has 1 fully saturated rings. The van der Waals surface area contributed by atoms with Gasteiger partial charge in [-0.2, -0.15) is 0 Å². The number of thiazole rings is 1. The molecule has 1 aromatic heterocycles. The summed E-state index contributed by atoms with van der Waals surface area (Å²) in [5, 5.41) is 13.6. The lowest BCUT2D eigenvalue weighted by atomic mass is 9.76. The number of aromatic nitrogens is 1. The topological polar surface area (TPSA) is 126 Å². The minimum Gasteiger partial charge on any atom is -0.391 e. The number of unbranched alkanes of at least 4 members (excludes halogenated alkanes) is 7. The molecule has 0 radical (unpaired) electrons. The highest BCUT2D eigenvalue weighted by atomic mass is 32.1. The summed E-state index contributed by atoms with van der Waals surface area (Å²) in [5.41, 5.74) is 9.94. The highest BCUT2D eigenvalue weighted by Crippen LogP contribution is 2.34. The molecule has 3 rings (SSSR count). The first-order valence-electron chi connectivity index (χ1n) is 16.4. The number of benzene rings is 1. The number of amides is 2. The average molecular weight is 627 g/mol. The minimum absolute atomic E-state index is 0.0903. The van der Waals surface area contributed by atoms with E-state index in [9.17, 15) is 19.5 Å². The first kappa shape index (κ1) is 35.9. The van der Waals surface area contributed by atoms with Crippen LogP contribution in [0.1, 0.15) is 116 Å². The Kier molecular flexibility index (Phi) is 14.0. The lowest BCUT2D eigenvalue weighted by Gasteiger charge is -2.35. The van der Waals surface area contributed by atoms with Gasteiger partial charge in [0.15, 0.2) is 0 Å². The molecule has 9 heteroatoms. The fourth-order valence-electron chi connectivity index (χ4n) is 6.02. The van der Waals surface area contributed by atoms with Gasteiger partial charge in [-0.3, -0.25) is 14.4 Å². The van der Waals surface area contributed by atoms with E-state index in [1.807, 2.05) is 64.4 Å². The van der Waals surface area contributed by atoms with Crippen LogP contribution in [0.5, 0.6) is 0 Å². The number of rotatable bonds is 17. The summed E-state index contributed by atoms with van der Waals surface area (Å²) in [6, 6.07) is 7.00. The van der Waals surface area contributed by atoms with Crippen LogP contribution in [0.3, 0.4) is 0 Å². The molecule has 0 saturated carbocycles. The number of nitrogens with two attached hydrogens (primary N) is 1. The van der Waals surface area contributed by atoms with E-state index in [0.29, 0.717) is 6.42 Å². The van der Waals surface area contributed by atoms with E-state index in [2.05, 4.69) is 10.3 Å². The maximum Gasteiger partial charge on any atom is 0.243 e. The molecule has 2 amide bonds. The summed E-state index contributed by atoms with van der Waals surface area (Å²) in [4.78, 5) is 47.4. The number of nitrogens with one attached hydrogen (secondary N) is 1. The van der Waals surface area contributed by atoms with Gasteiger partial charge in [0.05, 0.1) is 28.2 Å². The van der Waals surface area contributed by atoms with E-state index in [1.54, 1.807) is 11.3 Å². The number of Topliss-reactive ketones (excluding diaryl/α,β-unsaturated/α-hetero) is 1. The Bertz CT molecular complexity index is 1210. The molecule has 1 saturated heterocycles. The Morgan fingerprint density at radius 2 is 1.66 bits per heavy atom. The van der Waals surface area contributed by atoms with Crippen LogP contribution in [0, 0.1) is 18.3 Å². The van der Waals surface area contributed by atoms with Crippen LogP contribution < -0.4 is 11.1 Å². The Hall–Kier alpha value is -2.62. The molecule has 2 aromatic rings. The van der Waals surface area contributed by atoms with Gasteiger partial charge in [0.1, 0.15) is 11.8 Å². The first-order chi connectivity index (χ1) is 20.9. The Labute approximate surface area is 268 Å². The molecule has 0 aliphatic carbocycles. The van der Waals surface area contributed by atoms with E-state index in [-0.39, 0.29) is 43.0 Å². The zero-order chi connectivity index (χ0) is 32.3. The third-order valence-electron chi connectivity index (χ3n) is 8.83. The maximum absolute atomic E-state index is 13.9. The Balaban J connectivity index is 1.56. The Morgan fingerprint density at radius 1 is 1.05 bits per heavy atom. The number of hydrogen-bond donors (Lipinski definition) is 3. The number of aliphatic hydroxyl groups excluding tert-OH is 1. The van der Waals surface area contributed by atoms with Gasteiger partial charge in [-0.05, 0) is 49.8 Å². The Morgan fingerprint density at radius 3 is 2.23 bits per heavy atom. The van der Waals surface area contributed by atoms with Crippen molar-refractivity contribution < 1.29 is 19.5 Å². The van der Waals surface area contributed by atoms with E-state index in [0.717, 1.165) is 53.9 Å². The molecule has 8 nitrogen and oxygen atoms in total. The van der Waals surface area contributed by atoms with Gasteiger partial charge in [-0.1, -0.05) is 83.6 Å². The number of carbonyl (C=O) groups excluding carboxylic acids is 3. The van der Waals surface area contributed by atoms with Gasteiger partial charge in [0, 0.05) is 31.7 Å². The van der Waals surface area contributed by atoms with E-state index < -0.39 is 23.5 Å². The largest absolute Gasteiger partial charge is 0.391 e. The van der Waals surface area contributed by atoms with Crippen LogP contribution >= 0.6 is 11.3 Å². The van der Waals surface area contributed by atoms with Crippen molar-refractivity contribution in [3.8, 4) is 10.4 Å². The smallest absolute Gasteiger partial charge is 0.243 e. The first-order valence-corrected chi connectivity index (χ1v) is 17.3. The molecule has 244 valence electrons. The molecule has 0 bridgehead atoms. The fraction of sp³-hybridized carbons (Fsp3) is 0.657. The quantitative estimate of drug-likeness (QED) is 0.176. The highest BCUT2D eigenvalue weighted by molar-refractivity contribution is 7.13. The molecule has 1 aromatic carbocycles. The third-order valence-corrected chi connectivity index (χ3v) is 9.80.